The van der Waals surface area contributed by atoms with Crippen LogP contribution in [-0.4, -0.2) is 49.2 Å². The molecule has 0 radical (unpaired) electrons. The molecule has 4 nitrogen and oxygen atoms in total. The van der Waals surface area contributed by atoms with Gasteiger partial charge in [0.15, 0.2) is 0 Å². The third-order valence-electron chi connectivity index (χ3n) is 4.90. The van der Waals surface area contributed by atoms with E-state index in [0.717, 1.165) is 51.0 Å². The lowest BCUT2D eigenvalue weighted by molar-refractivity contribution is -0.147. The van der Waals surface area contributed by atoms with Crippen molar-refractivity contribution in [1.29, 1.82) is 0 Å². The highest BCUT2D eigenvalue weighted by atomic mass is 16.4. The van der Waals surface area contributed by atoms with Crippen LogP contribution in [0.15, 0.2) is 24.3 Å². The van der Waals surface area contributed by atoms with E-state index in [-0.39, 0.29) is 0 Å². The van der Waals surface area contributed by atoms with Crippen LogP contribution in [-0.2, 0) is 10.2 Å². The van der Waals surface area contributed by atoms with E-state index in [1.54, 1.807) is 0 Å². The van der Waals surface area contributed by atoms with E-state index >= 15 is 0 Å². The largest absolute Gasteiger partial charge is 0.481 e. The molecule has 1 aromatic carbocycles. The van der Waals surface area contributed by atoms with Crippen LogP contribution in [0.4, 0.5) is 5.69 Å². The first kappa shape index (κ1) is 13.4. The molecule has 0 atom stereocenters. The van der Waals surface area contributed by atoms with Crippen molar-refractivity contribution in [3.8, 4) is 0 Å². The van der Waals surface area contributed by atoms with Crippen LogP contribution in [0.3, 0.4) is 0 Å². The smallest absolute Gasteiger partial charge is 0.314 e. The number of aliphatic carboxylic acids is 1. The van der Waals surface area contributed by atoms with E-state index in [1.165, 1.54) is 5.69 Å². The summed E-state index contributed by atoms with van der Waals surface area (Å²) in [6.07, 6.45) is 2.57. The number of likely N-dealkylation sites (N-methyl/N-ethyl adjacent to an activating group) is 1. The van der Waals surface area contributed by atoms with Gasteiger partial charge in [0.05, 0.1) is 5.41 Å². The minimum absolute atomic E-state index is 0.610. The first-order valence-electron chi connectivity index (χ1n) is 7.39. The summed E-state index contributed by atoms with van der Waals surface area (Å²) in [5.41, 5.74) is 1.57. The lowest BCUT2D eigenvalue weighted by Crippen LogP contribution is -2.44. The molecule has 1 aliphatic carbocycles. The Labute approximate surface area is 120 Å². The minimum Gasteiger partial charge on any atom is -0.481 e. The number of rotatable bonds is 3. The molecular weight excluding hydrogens is 252 g/mol. The van der Waals surface area contributed by atoms with Crippen molar-refractivity contribution in [3.05, 3.63) is 29.8 Å². The van der Waals surface area contributed by atoms with Crippen molar-refractivity contribution in [2.45, 2.75) is 24.7 Å². The third-order valence-corrected chi connectivity index (χ3v) is 4.90. The first-order valence-corrected chi connectivity index (χ1v) is 7.39. The summed E-state index contributed by atoms with van der Waals surface area (Å²) in [6.45, 7) is 4.25. The lowest BCUT2D eigenvalue weighted by Gasteiger charge is -2.39. The van der Waals surface area contributed by atoms with Gasteiger partial charge < -0.3 is 14.9 Å². The molecule has 2 fully saturated rings. The standard InChI is InChI=1S/C16H22N2O2/c1-17-9-11-18(12-10-17)14-5-3-13(4-6-14)16(15(19)20)7-2-8-16/h3-6H,2,7-12H2,1H3,(H,19,20). The fraction of sp³-hybridized carbons (Fsp3) is 0.562. The van der Waals surface area contributed by atoms with Crippen molar-refractivity contribution in [2.24, 2.45) is 0 Å². The van der Waals surface area contributed by atoms with Crippen LogP contribution < -0.4 is 4.90 Å². The second-order valence-electron chi connectivity index (χ2n) is 6.08. The molecule has 3 rings (SSSR count). The Balaban J connectivity index is 1.76. The molecule has 1 aliphatic heterocycles. The van der Waals surface area contributed by atoms with Gasteiger partial charge in [-0.05, 0) is 37.6 Å². The molecule has 20 heavy (non-hydrogen) atoms. The fourth-order valence-electron chi connectivity index (χ4n) is 3.21. The average molecular weight is 274 g/mol. The highest BCUT2D eigenvalue weighted by Gasteiger charge is 2.45. The van der Waals surface area contributed by atoms with Crippen molar-refractivity contribution < 1.29 is 9.90 Å². The molecule has 0 unspecified atom stereocenters. The van der Waals surface area contributed by atoms with Gasteiger partial charge in [-0.2, -0.15) is 0 Å². The normalized spacial score (nSPS) is 22.4. The van der Waals surface area contributed by atoms with Gasteiger partial charge in [0.1, 0.15) is 0 Å². The summed E-state index contributed by atoms with van der Waals surface area (Å²) in [7, 11) is 2.15. The highest BCUT2D eigenvalue weighted by Crippen LogP contribution is 2.44. The SMILES string of the molecule is CN1CCN(c2ccc(C3(C(=O)O)CCC3)cc2)CC1. The predicted octanol–water partition coefficient (Wildman–Crippen LogP) is 1.94. The number of benzene rings is 1. The molecule has 0 spiro atoms. The average Bonchev–Trinajstić information content (AvgIpc) is 2.39. The molecule has 0 bridgehead atoms. The Morgan fingerprint density at radius 2 is 1.70 bits per heavy atom. The number of carbonyl (C=O) groups is 1. The van der Waals surface area contributed by atoms with Gasteiger partial charge in [0.25, 0.3) is 0 Å². The van der Waals surface area contributed by atoms with Gasteiger partial charge >= 0.3 is 5.97 Å². The molecule has 0 amide bonds. The Bertz CT molecular complexity index is 486. The second-order valence-corrected chi connectivity index (χ2v) is 6.08. The van der Waals surface area contributed by atoms with E-state index < -0.39 is 11.4 Å². The summed E-state index contributed by atoms with van der Waals surface area (Å²) >= 11 is 0. The summed E-state index contributed by atoms with van der Waals surface area (Å²) in [5.74, 6) is -0.670. The Morgan fingerprint density at radius 1 is 1.10 bits per heavy atom. The van der Waals surface area contributed by atoms with Crippen molar-refractivity contribution >= 4 is 11.7 Å². The maximum absolute atomic E-state index is 11.5. The first-order chi connectivity index (χ1) is 9.62. The summed E-state index contributed by atoms with van der Waals surface area (Å²) < 4.78 is 0. The molecule has 108 valence electrons. The summed E-state index contributed by atoms with van der Waals surface area (Å²) in [6, 6.07) is 8.20. The van der Waals surface area contributed by atoms with Gasteiger partial charge in [-0.15, -0.1) is 0 Å². The topological polar surface area (TPSA) is 43.8 Å². The monoisotopic (exact) mass is 274 g/mol. The number of nitrogens with zero attached hydrogens (tertiary/aromatic N) is 2. The van der Waals surface area contributed by atoms with Gasteiger partial charge in [-0.25, -0.2) is 0 Å². The maximum Gasteiger partial charge on any atom is 0.314 e. The molecular formula is C16H22N2O2. The number of anilines is 1. The van der Waals surface area contributed by atoms with Crippen molar-refractivity contribution in [2.75, 3.05) is 38.1 Å². The van der Waals surface area contributed by atoms with E-state index in [0.29, 0.717) is 0 Å². The summed E-state index contributed by atoms with van der Waals surface area (Å²) in [4.78, 5) is 16.2. The molecule has 1 saturated carbocycles. The van der Waals surface area contributed by atoms with Gasteiger partial charge in [0, 0.05) is 31.9 Å². The molecule has 1 aromatic rings. The van der Waals surface area contributed by atoms with Crippen LogP contribution >= 0.6 is 0 Å². The molecule has 1 N–H and O–H groups in total. The molecule has 0 aromatic heterocycles. The number of carboxylic acid groups (broad SMARTS) is 1. The van der Waals surface area contributed by atoms with Crippen molar-refractivity contribution in [1.82, 2.24) is 4.90 Å². The number of carboxylic acids is 1. The molecule has 4 heteroatoms. The van der Waals surface area contributed by atoms with Crippen molar-refractivity contribution in [3.63, 3.8) is 0 Å². The highest BCUT2D eigenvalue weighted by molar-refractivity contribution is 5.82. The number of hydrogen-bond donors (Lipinski definition) is 1. The molecule has 2 aliphatic rings. The Hall–Kier alpha value is -1.55. The van der Waals surface area contributed by atoms with Crippen LogP contribution in [0.2, 0.25) is 0 Å². The minimum atomic E-state index is -0.670. The van der Waals surface area contributed by atoms with E-state index in [1.807, 2.05) is 12.1 Å². The van der Waals surface area contributed by atoms with Crippen LogP contribution in [0.5, 0.6) is 0 Å². The lowest BCUT2D eigenvalue weighted by atomic mass is 9.64. The molecule has 1 saturated heterocycles. The Morgan fingerprint density at radius 3 is 2.15 bits per heavy atom. The zero-order chi connectivity index (χ0) is 14.2. The maximum atomic E-state index is 11.5. The van der Waals surface area contributed by atoms with Crippen LogP contribution in [0, 0.1) is 0 Å². The number of piperazine rings is 1. The molecule has 1 heterocycles. The van der Waals surface area contributed by atoms with Gasteiger partial charge in [-0.3, -0.25) is 4.79 Å². The summed E-state index contributed by atoms with van der Waals surface area (Å²) in [5, 5.41) is 9.47. The Kier molecular flexibility index (Phi) is 3.42. The predicted molar refractivity (Wildman–Crippen MR) is 79.3 cm³/mol. The van der Waals surface area contributed by atoms with Crippen LogP contribution in [0.1, 0.15) is 24.8 Å². The van der Waals surface area contributed by atoms with Gasteiger partial charge in [0.2, 0.25) is 0 Å². The zero-order valence-electron chi connectivity index (χ0n) is 12.0. The van der Waals surface area contributed by atoms with Crippen LogP contribution in [0.25, 0.3) is 0 Å². The fourth-order valence-corrected chi connectivity index (χ4v) is 3.21. The van der Waals surface area contributed by atoms with Gasteiger partial charge in [-0.1, -0.05) is 18.6 Å². The third kappa shape index (κ3) is 2.18. The quantitative estimate of drug-likeness (QED) is 0.915. The zero-order valence-corrected chi connectivity index (χ0v) is 12.0. The van der Waals surface area contributed by atoms with E-state index in [9.17, 15) is 9.90 Å². The van der Waals surface area contributed by atoms with E-state index in [4.69, 9.17) is 0 Å². The second kappa shape index (κ2) is 5.09. The van der Waals surface area contributed by atoms with E-state index in [2.05, 4.69) is 29.0 Å². The number of hydrogen-bond acceptors (Lipinski definition) is 3.